The quantitative estimate of drug-likeness (QED) is 0.500. The lowest BCUT2D eigenvalue weighted by molar-refractivity contribution is 0.0211. The first-order valence-electron chi connectivity index (χ1n) is 12.1. The number of anilines is 1. The maximum absolute atomic E-state index is 12.6. The van der Waals surface area contributed by atoms with Gasteiger partial charge in [-0.2, -0.15) is 0 Å². The van der Waals surface area contributed by atoms with Gasteiger partial charge in [-0.3, -0.25) is 5.32 Å². The number of unbranched alkanes of at least 4 members (excludes halogenated alkanes) is 1. The second-order valence-corrected chi connectivity index (χ2v) is 10.0. The van der Waals surface area contributed by atoms with E-state index in [9.17, 15) is 4.79 Å². The summed E-state index contributed by atoms with van der Waals surface area (Å²) in [5.74, 6) is 0.478. The number of pyridine rings is 1. The number of thiazole rings is 1. The van der Waals surface area contributed by atoms with Crippen molar-refractivity contribution in [2.24, 2.45) is 5.41 Å². The van der Waals surface area contributed by atoms with Gasteiger partial charge in [0, 0.05) is 32.5 Å². The SMILES string of the molecule is CCCCc1ccccc1.COc1nccc2sc(NC(=O)N3CCC4(CCOCC4)C3)nc12. The average Bonchev–Trinajstić information content (AvgIpc) is 3.48. The molecular formula is C26H34N4O3S. The van der Waals surface area contributed by atoms with Crippen molar-refractivity contribution < 1.29 is 14.3 Å². The van der Waals surface area contributed by atoms with Gasteiger partial charge in [0.1, 0.15) is 5.52 Å². The van der Waals surface area contributed by atoms with E-state index in [2.05, 4.69) is 52.5 Å². The predicted octanol–water partition coefficient (Wildman–Crippen LogP) is 5.76. The fourth-order valence-corrected chi connectivity index (χ4v) is 5.39. The van der Waals surface area contributed by atoms with E-state index in [4.69, 9.17) is 9.47 Å². The number of fused-ring (bicyclic) bond motifs is 1. The predicted molar refractivity (Wildman–Crippen MR) is 137 cm³/mol. The van der Waals surface area contributed by atoms with Crippen molar-refractivity contribution in [3.63, 3.8) is 0 Å². The van der Waals surface area contributed by atoms with Gasteiger partial charge in [0.15, 0.2) is 5.13 Å². The van der Waals surface area contributed by atoms with Crippen LogP contribution in [0.1, 0.15) is 44.6 Å². The molecule has 3 aromatic rings. The fourth-order valence-electron chi connectivity index (χ4n) is 4.55. The summed E-state index contributed by atoms with van der Waals surface area (Å²) in [6.07, 6.45) is 8.65. The first-order valence-corrected chi connectivity index (χ1v) is 12.9. The number of methoxy groups -OCH3 is 1. The fraction of sp³-hybridized carbons (Fsp3) is 0.500. The summed E-state index contributed by atoms with van der Waals surface area (Å²) >= 11 is 1.43. The van der Waals surface area contributed by atoms with Gasteiger partial charge in [0.25, 0.3) is 0 Å². The molecule has 1 N–H and O–H groups in total. The summed E-state index contributed by atoms with van der Waals surface area (Å²) in [5, 5.41) is 3.50. The second kappa shape index (κ2) is 11.6. The number of nitrogens with zero attached hydrogens (tertiary/aromatic N) is 3. The van der Waals surface area contributed by atoms with Gasteiger partial charge < -0.3 is 14.4 Å². The number of hydrogen-bond donors (Lipinski definition) is 1. The minimum atomic E-state index is -0.0793. The van der Waals surface area contributed by atoms with Crippen LogP contribution in [0.15, 0.2) is 42.6 Å². The topological polar surface area (TPSA) is 76.6 Å². The number of likely N-dealkylation sites (tertiary alicyclic amines) is 1. The Bertz CT molecular complexity index is 1070. The van der Waals surface area contributed by atoms with Crippen LogP contribution in [0.5, 0.6) is 5.88 Å². The van der Waals surface area contributed by atoms with Gasteiger partial charge in [0.05, 0.1) is 11.8 Å². The van der Waals surface area contributed by atoms with Crippen LogP contribution >= 0.6 is 11.3 Å². The van der Waals surface area contributed by atoms with Crippen LogP contribution in [-0.4, -0.2) is 54.3 Å². The summed E-state index contributed by atoms with van der Waals surface area (Å²) in [6, 6.07) is 12.4. The Labute approximate surface area is 205 Å². The van der Waals surface area contributed by atoms with Crippen molar-refractivity contribution in [2.75, 3.05) is 38.7 Å². The highest BCUT2D eigenvalue weighted by Crippen LogP contribution is 2.40. The zero-order valence-corrected chi connectivity index (χ0v) is 20.9. The summed E-state index contributed by atoms with van der Waals surface area (Å²) in [5.41, 5.74) is 2.39. The molecule has 0 radical (unpaired) electrons. The molecule has 0 saturated carbocycles. The van der Waals surface area contributed by atoms with Crippen molar-refractivity contribution in [3.05, 3.63) is 48.2 Å². The number of ether oxygens (including phenoxy) is 2. The molecular weight excluding hydrogens is 448 g/mol. The van der Waals surface area contributed by atoms with E-state index in [1.54, 1.807) is 13.3 Å². The lowest BCUT2D eigenvalue weighted by Crippen LogP contribution is -2.37. The first-order chi connectivity index (χ1) is 16.6. The van der Waals surface area contributed by atoms with Crippen molar-refractivity contribution in [3.8, 4) is 5.88 Å². The van der Waals surface area contributed by atoms with Crippen LogP contribution < -0.4 is 10.1 Å². The lowest BCUT2D eigenvalue weighted by atomic mass is 9.80. The highest BCUT2D eigenvalue weighted by atomic mass is 32.1. The molecule has 2 aliphatic heterocycles. The molecule has 1 aromatic carbocycles. The molecule has 0 unspecified atom stereocenters. The Hall–Kier alpha value is -2.71. The maximum atomic E-state index is 12.6. The monoisotopic (exact) mass is 482 g/mol. The third-order valence-corrected chi connectivity index (χ3v) is 7.56. The molecule has 2 aromatic heterocycles. The smallest absolute Gasteiger partial charge is 0.323 e. The van der Waals surface area contributed by atoms with Gasteiger partial charge in [-0.1, -0.05) is 55.0 Å². The van der Waals surface area contributed by atoms with Crippen LogP contribution in [0.3, 0.4) is 0 Å². The summed E-state index contributed by atoms with van der Waals surface area (Å²) in [4.78, 5) is 23.1. The molecule has 0 atom stereocenters. The number of aryl methyl sites for hydroxylation is 1. The molecule has 0 bridgehead atoms. The standard InChI is InChI=1S/C16H20N4O3S.C10H14/c1-22-13-12-11(2-6-17-13)24-14(18-12)19-15(21)20-7-3-16(10-20)4-8-23-9-5-16;1-2-3-7-10-8-5-4-6-9-10/h2,6H,3-5,7-10H2,1H3,(H,18,19,21);4-6,8-9H,2-3,7H2,1H3. The number of hydrogen-bond acceptors (Lipinski definition) is 6. The van der Waals surface area contributed by atoms with Crippen molar-refractivity contribution in [1.82, 2.24) is 14.9 Å². The summed E-state index contributed by atoms with van der Waals surface area (Å²) < 4.78 is 11.6. The van der Waals surface area contributed by atoms with Crippen molar-refractivity contribution in [2.45, 2.75) is 45.4 Å². The minimum absolute atomic E-state index is 0.0793. The molecule has 8 heteroatoms. The Kier molecular flexibility index (Phi) is 8.34. The van der Waals surface area contributed by atoms with E-state index in [1.807, 2.05) is 11.0 Å². The number of urea groups is 1. The Morgan fingerprint density at radius 2 is 2.00 bits per heavy atom. The largest absolute Gasteiger partial charge is 0.479 e. The van der Waals surface area contributed by atoms with E-state index in [0.717, 1.165) is 50.3 Å². The Morgan fingerprint density at radius 3 is 2.74 bits per heavy atom. The average molecular weight is 483 g/mol. The Morgan fingerprint density at radius 1 is 1.21 bits per heavy atom. The summed E-state index contributed by atoms with van der Waals surface area (Å²) in [6.45, 7) is 5.43. The molecule has 2 fully saturated rings. The van der Waals surface area contributed by atoms with E-state index in [0.29, 0.717) is 16.5 Å². The highest BCUT2D eigenvalue weighted by Gasteiger charge is 2.41. The molecule has 2 saturated heterocycles. The lowest BCUT2D eigenvalue weighted by Gasteiger charge is -2.33. The molecule has 0 aliphatic carbocycles. The van der Waals surface area contributed by atoms with Gasteiger partial charge in [-0.15, -0.1) is 0 Å². The maximum Gasteiger partial charge on any atom is 0.323 e. The van der Waals surface area contributed by atoms with Crippen LogP contribution in [0, 0.1) is 5.41 Å². The first kappa shape index (κ1) is 24.4. The normalized spacial score (nSPS) is 16.8. The Balaban J connectivity index is 0.000000231. The molecule has 1 spiro atoms. The highest BCUT2D eigenvalue weighted by molar-refractivity contribution is 7.22. The van der Waals surface area contributed by atoms with Crippen LogP contribution in [0.2, 0.25) is 0 Å². The molecule has 182 valence electrons. The number of carbonyl (C=O) groups is 1. The molecule has 34 heavy (non-hydrogen) atoms. The molecule has 5 rings (SSSR count). The number of amides is 2. The third-order valence-electron chi connectivity index (χ3n) is 6.62. The second-order valence-electron chi connectivity index (χ2n) is 8.99. The molecule has 2 amide bonds. The number of aromatic nitrogens is 2. The number of benzene rings is 1. The van der Waals surface area contributed by atoms with E-state index >= 15 is 0 Å². The molecule has 2 aliphatic rings. The number of rotatable bonds is 5. The minimum Gasteiger partial charge on any atom is -0.479 e. The van der Waals surface area contributed by atoms with E-state index in [1.165, 1.54) is 36.2 Å². The molecule has 7 nitrogen and oxygen atoms in total. The van der Waals surface area contributed by atoms with Crippen LogP contribution in [-0.2, 0) is 11.2 Å². The van der Waals surface area contributed by atoms with Crippen LogP contribution in [0.4, 0.5) is 9.93 Å². The van der Waals surface area contributed by atoms with Crippen molar-refractivity contribution >= 4 is 32.7 Å². The number of carbonyl (C=O) groups excluding carboxylic acids is 1. The van der Waals surface area contributed by atoms with Crippen molar-refractivity contribution in [1.29, 1.82) is 0 Å². The molecule has 4 heterocycles. The van der Waals surface area contributed by atoms with Crippen LogP contribution in [0.25, 0.3) is 10.2 Å². The number of nitrogens with one attached hydrogen (secondary N) is 1. The van der Waals surface area contributed by atoms with E-state index < -0.39 is 0 Å². The zero-order valence-electron chi connectivity index (χ0n) is 20.1. The van der Waals surface area contributed by atoms with Gasteiger partial charge in [-0.05, 0) is 49.1 Å². The summed E-state index contributed by atoms with van der Waals surface area (Å²) in [7, 11) is 1.57. The third kappa shape index (κ3) is 6.04. The van der Waals surface area contributed by atoms with Gasteiger partial charge in [-0.25, -0.2) is 14.8 Å². The zero-order chi connectivity index (χ0) is 23.8. The van der Waals surface area contributed by atoms with E-state index in [-0.39, 0.29) is 11.4 Å². The van der Waals surface area contributed by atoms with Gasteiger partial charge >= 0.3 is 6.03 Å². The van der Waals surface area contributed by atoms with Gasteiger partial charge in [0.2, 0.25) is 5.88 Å².